The van der Waals surface area contributed by atoms with Gasteiger partial charge in [0.1, 0.15) is 17.2 Å². The van der Waals surface area contributed by atoms with Gasteiger partial charge in [0.15, 0.2) is 0 Å². The lowest BCUT2D eigenvalue weighted by molar-refractivity contribution is -0.137. The maximum Gasteiger partial charge on any atom is 0.417 e. The van der Waals surface area contributed by atoms with Crippen molar-refractivity contribution in [2.45, 2.75) is 6.18 Å². The minimum Gasteiger partial charge on any atom is -0.457 e. The van der Waals surface area contributed by atoms with Crippen LogP contribution < -0.4 is 15.4 Å². The monoisotopic (exact) mass is 522 g/mol. The molecule has 12 heteroatoms. The van der Waals surface area contributed by atoms with Crippen LogP contribution in [0, 0.1) is 5.95 Å². The Morgan fingerprint density at radius 1 is 0.947 bits per heavy atom. The van der Waals surface area contributed by atoms with Gasteiger partial charge >= 0.3 is 6.18 Å². The summed E-state index contributed by atoms with van der Waals surface area (Å²) in [6.45, 7) is 0. The molecule has 2 aromatic carbocycles. The highest BCUT2D eigenvalue weighted by molar-refractivity contribution is 5.92. The van der Waals surface area contributed by atoms with Gasteiger partial charge in [-0.25, -0.2) is 9.97 Å². The van der Waals surface area contributed by atoms with Crippen molar-refractivity contribution in [3.8, 4) is 22.6 Å². The lowest BCUT2D eigenvalue weighted by Gasteiger charge is -2.15. The summed E-state index contributed by atoms with van der Waals surface area (Å²) >= 11 is 0. The number of aromatic nitrogens is 4. The fraction of sp³-hybridized carbons (Fsp3) is 0.0769. The van der Waals surface area contributed by atoms with Crippen molar-refractivity contribution in [1.29, 1.82) is 0 Å². The van der Waals surface area contributed by atoms with Crippen LogP contribution in [0.3, 0.4) is 0 Å². The van der Waals surface area contributed by atoms with Crippen molar-refractivity contribution in [3.05, 3.63) is 90.3 Å². The number of fused-ring (bicyclic) bond motifs is 1. The third kappa shape index (κ3) is 5.09. The smallest absolute Gasteiger partial charge is 0.417 e. The summed E-state index contributed by atoms with van der Waals surface area (Å²) in [5.74, 6) is -0.355. The van der Waals surface area contributed by atoms with Gasteiger partial charge in [-0.3, -0.25) is 9.78 Å². The number of imidazole rings is 1. The average molecular weight is 522 g/mol. The number of alkyl halides is 3. The Balaban J connectivity index is 1.41. The molecule has 0 unspecified atom stereocenters. The molecule has 0 spiro atoms. The number of anilines is 2. The van der Waals surface area contributed by atoms with E-state index in [1.165, 1.54) is 49.8 Å². The minimum atomic E-state index is -4.74. The van der Waals surface area contributed by atoms with Crippen molar-refractivity contribution in [2.24, 2.45) is 0 Å². The molecule has 0 radical (unpaired) electrons. The third-order valence-electron chi connectivity index (χ3n) is 5.52. The van der Waals surface area contributed by atoms with Gasteiger partial charge in [-0.2, -0.15) is 17.6 Å². The molecule has 192 valence electrons. The summed E-state index contributed by atoms with van der Waals surface area (Å²) in [6, 6.07) is 14.1. The number of nitrogens with zero attached hydrogens (tertiary/aromatic N) is 3. The van der Waals surface area contributed by atoms with E-state index in [1.807, 2.05) is 0 Å². The van der Waals surface area contributed by atoms with E-state index in [1.54, 1.807) is 24.3 Å². The first-order chi connectivity index (χ1) is 18.2. The predicted octanol–water partition coefficient (Wildman–Crippen LogP) is 6.07. The van der Waals surface area contributed by atoms with E-state index >= 15 is 0 Å². The molecule has 3 heterocycles. The SMILES string of the molecule is CNC(=O)c1cc(Oc2ccc3[nH]c(Nc4ccc(-c5cccnc5F)c(C(F)(F)F)c4)nc3c2)ccn1. The number of nitrogens with one attached hydrogen (secondary N) is 3. The van der Waals surface area contributed by atoms with Crippen molar-refractivity contribution >= 4 is 28.6 Å². The summed E-state index contributed by atoms with van der Waals surface area (Å²) in [7, 11) is 1.49. The number of benzene rings is 2. The van der Waals surface area contributed by atoms with Crippen LogP contribution in [-0.2, 0) is 6.18 Å². The number of halogens is 4. The second kappa shape index (κ2) is 9.81. The summed E-state index contributed by atoms with van der Waals surface area (Å²) in [4.78, 5) is 26.6. The fourth-order valence-electron chi connectivity index (χ4n) is 3.79. The van der Waals surface area contributed by atoms with E-state index in [9.17, 15) is 22.4 Å². The Bertz CT molecular complexity index is 1650. The molecule has 5 aromatic rings. The molecular weight excluding hydrogens is 504 g/mol. The zero-order valence-electron chi connectivity index (χ0n) is 19.6. The van der Waals surface area contributed by atoms with Gasteiger partial charge in [0.05, 0.1) is 16.6 Å². The number of hydrogen-bond donors (Lipinski definition) is 3. The average Bonchev–Trinajstić information content (AvgIpc) is 3.30. The van der Waals surface area contributed by atoms with E-state index in [0.29, 0.717) is 22.5 Å². The van der Waals surface area contributed by atoms with Crippen molar-refractivity contribution < 1.29 is 27.1 Å². The molecule has 0 saturated carbocycles. The fourth-order valence-corrected chi connectivity index (χ4v) is 3.79. The van der Waals surface area contributed by atoms with Crippen LogP contribution in [0.15, 0.2) is 73.1 Å². The first kappa shape index (κ1) is 24.7. The second-order valence-electron chi connectivity index (χ2n) is 8.05. The molecule has 0 aliphatic rings. The molecule has 3 N–H and O–H groups in total. The van der Waals surface area contributed by atoms with E-state index < -0.39 is 17.7 Å². The molecule has 0 aliphatic heterocycles. The Morgan fingerprint density at radius 3 is 2.53 bits per heavy atom. The van der Waals surface area contributed by atoms with Crippen LogP contribution in [0.4, 0.5) is 29.2 Å². The molecule has 38 heavy (non-hydrogen) atoms. The van der Waals surface area contributed by atoms with Crippen LogP contribution in [0.25, 0.3) is 22.2 Å². The number of pyridine rings is 2. The van der Waals surface area contributed by atoms with Gasteiger partial charge in [0.25, 0.3) is 5.91 Å². The third-order valence-corrected chi connectivity index (χ3v) is 5.52. The van der Waals surface area contributed by atoms with Crippen molar-refractivity contribution in [1.82, 2.24) is 25.3 Å². The Morgan fingerprint density at radius 2 is 1.76 bits per heavy atom. The largest absolute Gasteiger partial charge is 0.457 e. The van der Waals surface area contributed by atoms with Crippen LogP contribution >= 0.6 is 0 Å². The lowest BCUT2D eigenvalue weighted by atomic mass is 9.99. The quantitative estimate of drug-likeness (QED) is 0.185. The normalized spacial score (nSPS) is 11.4. The number of H-pyrrole nitrogens is 1. The first-order valence-corrected chi connectivity index (χ1v) is 11.2. The molecule has 3 aromatic heterocycles. The number of aromatic amines is 1. The van der Waals surface area contributed by atoms with Crippen molar-refractivity contribution in [3.63, 3.8) is 0 Å². The summed E-state index contributed by atoms with van der Waals surface area (Å²) in [5, 5.41) is 5.31. The summed E-state index contributed by atoms with van der Waals surface area (Å²) < 4.78 is 61.4. The van der Waals surface area contributed by atoms with Gasteiger partial charge in [-0.15, -0.1) is 0 Å². The van der Waals surface area contributed by atoms with E-state index in [-0.39, 0.29) is 34.4 Å². The minimum absolute atomic E-state index is 0.0967. The van der Waals surface area contributed by atoms with Gasteiger partial charge in [-0.1, -0.05) is 6.07 Å². The zero-order chi connectivity index (χ0) is 26.9. The Labute approximate surface area is 212 Å². The highest BCUT2D eigenvalue weighted by atomic mass is 19.4. The summed E-state index contributed by atoms with van der Waals surface area (Å²) in [5.41, 5.74) is -0.224. The number of amides is 1. The number of rotatable bonds is 6. The standard InChI is InChI=1S/C26H18F4N6O2/c1-31-24(37)22-13-16(8-10-32-22)38-15-5-7-20-21(12-15)36-25(35-20)34-14-4-6-17(19(11-14)26(28,29)30)18-3-2-9-33-23(18)27/h2-13H,1H3,(H,31,37)(H2,34,35,36). The number of carbonyl (C=O) groups excluding carboxylic acids is 1. The maximum absolute atomic E-state index is 14.1. The molecule has 1 amide bonds. The molecule has 0 aliphatic carbocycles. The predicted molar refractivity (Wildman–Crippen MR) is 132 cm³/mol. The highest BCUT2D eigenvalue weighted by Gasteiger charge is 2.34. The molecule has 0 saturated heterocycles. The zero-order valence-corrected chi connectivity index (χ0v) is 19.6. The van der Waals surface area contributed by atoms with E-state index in [0.717, 1.165) is 6.07 Å². The van der Waals surface area contributed by atoms with Crippen LogP contribution in [0.2, 0.25) is 0 Å². The maximum atomic E-state index is 14.1. The second-order valence-corrected chi connectivity index (χ2v) is 8.05. The topological polar surface area (TPSA) is 105 Å². The first-order valence-electron chi connectivity index (χ1n) is 11.2. The number of carbonyl (C=O) groups is 1. The van der Waals surface area contributed by atoms with E-state index in [2.05, 4.69) is 30.6 Å². The molecule has 0 bridgehead atoms. The molecule has 8 nitrogen and oxygen atoms in total. The highest BCUT2D eigenvalue weighted by Crippen LogP contribution is 2.39. The molecule has 0 atom stereocenters. The van der Waals surface area contributed by atoms with E-state index in [4.69, 9.17) is 4.74 Å². The molecular formula is C26H18F4N6O2. The van der Waals surface area contributed by atoms with Crippen molar-refractivity contribution in [2.75, 3.05) is 12.4 Å². The van der Waals surface area contributed by atoms with Gasteiger partial charge in [0, 0.05) is 42.8 Å². The van der Waals surface area contributed by atoms with Crippen LogP contribution in [0.5, 0.6) is 11.5 Å². The van der Waals surface area contributed by atoms with Gasteiger partial charge < -0.3 is 20.4 Å². The Kier molecular flexibility index (Phi) is 6.37. The van der Waals surface area contributed by atoms with Crippen LogP contribution in [-0.4, -0.2) is 32.9 Å². The van der Waals surface area contributed by atoms with Gasteiger partial charge in [-0.05, 0) is 48.0 Å². The Hall–Kier alpha value is -5.00. The molecule has 0 fully saturated rings. The van der Waals surface area contributed by atoms with Crippen LogP contribution in [0.1, 0.15) is 16.1 Å². The molecule has 5 rings (SSSR count). The number of ether oxygens (including phenoxy) is 1. The number of hydrogen-bond acceptors (Lipinski definition) is 6. The summed E-state index contributed by atoms with van der Waals surface area (Å²) in [6.07, 6.45) is -2.13. The lowest BCUT2D eigenvalue weighted by Crippen LogP contribution is -2.18. The van der Waals surface area contributed by atoms with Gasteiger partial charge in [0.2, 0.25) is 11.9 Å².